The molecule has 0 radical (unpaired) electrons. The molecule has 1 aliphatic rings. The van der Waals surface area contributed by atoms with Crippen molar-refractivity contribution in [3.63, 3.8) is 0 Å². The standard InChI is InChI=1S/C21H29FN4O2/c1-21(2,28-3)13-26-9-6-14(7-10-26)12-25-20(27)16-11-17(22)18(23)15-5-4-8-24-19(15)16/h4-5,8,11,14H,6-7,9-10,12-13,23H2,1-3H3,(H,25,27). The van der Waals surface area contributed by atoms with E-state index in [1.165, 1.54) is 6.07 Å². The van der Waals surface area contributed by atoms with Gasteiger partial charge in [0.05, 0.1) is 22.4 Å². The molecule has 152 valence electrons. The van der Waals surface area contributed by atoms with E-state index in [-0.39, 0.29) is 22.8 Å². The van der Waals surface area contributed by atoms with Gasteiger partial charge in [-0.1, -0.05) is 0 Å². The maximum atomic E-state index is 14.1. The number of ether oxygens (including phenoxy) is 1. The summed E-state index contributed by atoms with van der Waals surface area (Å²) >= 11 is 0. The molecule has 0 saturated carbocycles. The van der Waals surface area contributed by atoms with E-state index in [2.05, 4.69) is 29.0 Å². The highest BCUT2D eigenvalue weighted by atomic mass is 19.1. The molecule has 0 bridgehead atoms. The summed E-state index contributed by atoms with van der Waals surface area (Å²) < 4.78 is 19.6. The Bertz CT molecular complexity index is 848. The highest BCUT2D eigenvalue weighted by Gasteiger charge is 2.26. The monoisotopic (exact) mass is 388 g/mol. The van der Waals surface area contributed by atoms with Crippen LogP contribution in [-0.2, 0) is 4.74 Å². The van der Waals surface area contributed by atoms with Gasteiger partial charge in [0.1, 0.15) is 5.82 Å². The number of nitrogen functional groups attached to an aromatic ring is 1. The molecular weight excluding hydrogens is 359 g/mol. The number of nitrogens with zero attached hydrogens (tertiary/aromatic N) is 2. The van der Waals surface area contributed by atoms with E-state index in [4.69, 9.17) is 10.5 Å². The summed E-state index contributed by atoms with van der Waals surface area (Å²) in [6.07, 6.45) is 3.60. The predicted molar refractivity (Wildman–Crippen MR) is 109 cm³/mol. The number of pyridine rings is 1. The average Bonchev–Trinajstić information content (AvgIpc) is 2.69. The highest BCUT2D eigenvalue weighted by Crippen LogP contribution is 2.26. The van der Waals surface area contributed by atoms with Crippen LogP contribution >= 0.6 is 0 Å². The van der Waals surface area contributed by atoms with Gasteiger partial charge in [-0.3, -0.25) is 9.78 Å². The number of nitrogens with one attached hydrogen (secondary N) is 1. The molecular formula is C21H29FN4O2. The second-order valence-corrected chi connectivity index (χ2v) is 8.11. The molecule has 3 rings (SSSR count). The number of nitrogens with two attached hydrogens (primary N) is 1. The summed E-state index contributed by atoms with van der Waals surface area (Å²) in [6, 6.07) is 4.53. The minimum atomic E-state index is -0.597. The molecule has 2 heterocycles. The van der Waals surface area contributed by atoms with Gasteiger partial charge < -0.3 is 20.7 Å². The lowest BCUT2D eigenvalue weighted by Crippen LogP contribution is -2.45. The number of rotatable bonds is 6. The molecule has 1 aromatic heterocycles. The van der Waals surface area contributed by atoms with Gasteiger partial charge in [0.2, 0.25) is 0 Å². The number of anilines is 1. The fraction of sp³-hybridized carbons (Fsp3) is 0.524. The van der Waals surface area contributed by atoms with Crippen molar-refractivity contribution < 1.29 is 13.9 Å². The topological polar surface area (TPSA) is 80.5 Å². The second-order valence-electron chi connectivity index (χ2n) is 8.11. The summed E-state index contributed by atoms with van der Waals surface area (Å²) in [5, 5.41) is 3.41. The first-order valence-corrected chi connectivity index (χ1v) is 9.69. The Hall–Kier alpha value is -2.25. The smallest absolute Gasteiger partial charge is 0.253 e. The zero-order valence-electron chi connectivity index (χ0n) is 16.8. The van der Waals surface area contributed by atoms with Gasteiger partial charge in [-0.05, 0) is 63.9 Å². The number of carbonyl (C=O) groups is 1. The number of aromatic nitrogens is 1. The Balaban J connectivity index is 1.59. The van der Waals surface area contributed by atoms with Crippen LogP contribution in [0.25, 0.3) is 10.9 Å². The van der Waals surface area contributed by atoms with Crippen LogP contribution < -0.4 is 11.1 Å². The normalized spacial score (nSPS) is 16.4. The predicted octanol–water partition coefficient (Wildman–Crippen LogP) is 2.82. The Morgan fingerprint density at radius 3 is 2.82 bits per heavy atom. The summed E-state index contributed by atoms with van der Waals surface area (Å²) in [5.74, 6) is -0.506. The molecule has 0 atom stereocenters. The summed E-state index contributed by atoms with van der Waals surface area (Å²) in [6.45, 7) is 7.60. The lowest BCUT2D eigenvalue weighted by Gasteiger charge is -2.36. The van der Waals surface area contributed by atoms with Gasteiger partial charge in [-0.25, -0.2) is 4.39 Å². The fourth-order valence-electron chi connectivity index (χ4n) is 3.70. The summed E-state index contributed by atoms with van der Waals surface area (Å²) in [7, 11) is 1.74. The number of methoxy groups -OCH3 is 1. The van der Waals surface area contributed by atoms with Gasteiger partial charge in [-0.2, -0.15) is 0 Å². The van der Waals surface area contributed by atoms with Gasteiger partial charge >= 0.3 is 0 Å². The van der Waals surface area contributed by atoms with Gasteiger partial charge in [0, 0.05) is 31.8 Å². The number of amides is 1. The van der Waals surface area contributed by atoms with E-state index < -0.39 is 5.82 Å². The van der Waals surface area contributed by atoms with Crippen molar-refractivity contribution in [3.8, 4) is 0 Å². The largest absolute Gasteiger partial charge is 0.396 e. The van der Waals surface area contributed by atoms with Gasteiger partial charge in [0.25, 0.3) is 5.91 Å². The molecule has 1 amide bonds. The number of piperidine rings is 1. The lowest BCUT2D eigenvalue weighted by molar-refractivity contribution is -0.0145. The Labute approximate surface area is 165 Å². The average molecular weight is 388 g/mol. The van der Waals surface area contributed by atoms with Crippen LogP contribution in [0.3, 0.4) is 0 Å². The lowest BCUT2D eigenvalue weighted by atomic mass is 9.95. The Morgan fingerprint density at radius 1 is 1.43 bits per heavy atom. The number of hydrogen-bond donors (Lipinski definition) is 2. The van der Waals surface area contributed by atoms with Crippen LogP contribution in [0.2, 0.25) is 0 Å². The van der Waals surface area contributed by atoms with Crippen LogP contribution in [0.5, 0.6) is 0 Å². The quantitative estimate of drug-likeness (QED) is 0.744. The summed E-state index contributed by atoms with van der Waals surface area (Å²) in [5.41, 5.74) is 6.30. The van der Waals surface area contributed by atoms with Crippen molar-refractivity contribution in [1.29, 1.82) is 0 Å². The number of likely N-dealkylation sites (tertiary alicyclic amines) is 1. The van der Waals surface area contributed by atoms with Crippen LogP contribution in [0, 0.1) is 11.7 Å². The molecule has 0 spiro atoms. The maximum Gasteiger partial charge on any atom is 0.253 e. The number of benzene rings is 1. The second kappa shape index (κ2) is 8.41. The zero-order chi connectivity index (χ0) is 20.3. The van der Waals surface area contributed by atoms with E-state index in [9.17, 15) is 9.18 Å². The van der Waals surface area contributed by atoms with Crippen molar-refractivity contribution in [1.82, 2.24) is 15.2 Å². The first kappa shape index (κ1) is 20.5. The minimum absolute atomic E-state index is 0.0194. The van der Waals surface area contributed by atoms with Crippen molar-refractivity contribution in [3.05, 3.63) is 35.8 Å². The maximum absolute atomic E-state index is 14.1. The molecule has 7 heteroatoms. The van der Waals surface area contributed by atoms with Crippen molar-refractivity contribution >= 4 is 22.5 Å². The van der Waals surface area contributed by atoms with Crippen molar-refractivity contribution in [2.45, 2.75) is 32.3 Å². The SMILES string of the molecule is COC(C)(C)CN1CCC(CNC(=O)c2cc(F)c(N)c3cccnc23)CC1. The van der Waals surface area contributed by atoms with Crippen molar-refractivity contribution in [2.75, 3.05) is 39.0 Å². The molecule has 6 nitrogen and oxygen atoms in total. The number of hydrogen-bond acceptors (Lipinski definition) is 5. The third-order valence-corrected chi connectivity index (χ3v) is 5.54. The first-order valence-electron chi connectivity index (χ1n) is 9.69. The fourth-order valence-corrected chi connectivity index (χ4v) is 3.70. The summed E-state index contributed by atoms with van der Waals surface area (Å²) in [4.78, 5) is 19.3. The van der Waals surface area contributed by atoms with E-state index in [0.29, 0.717) is 23.4 Å². The zero-order valence-corrected chi connectivity index (χ0v) is 16.8. The van der Waals surface area contributed by atoms with E-state index >= 15 is 0 Å². The third-order valence-electron chi connectivity index (χ3n) is 5.54. The molecule has 0 aliphatic carbocycles. The third kappa shape index (κ3) is 4.59. The molecule has 1 fully saturated rings. The van der Waals surface area contributed by atoms with Gasteiger partial charge in [-0.15, -0.1) is 0 Å². The van der Waals surface area contributed by atoms with E-state index in [0.717, 1.165) is 32.5 Å². The molecule has 1 aliphatic heterocycles. The molecule has 1 saturated heterocycles. The van der Waals surface area contributed by atoms with Gasteiger partial charge in [0.15, 0.2) is 0 Å². The number of fused-ring (bicyclic) bond motifs is 1. The van der Waals surface area contributed by atoms with Crippen LogP contribution in [-0.4, -0.2) is 54.7 Å². The Morgan fingerprint density at radius 2 is 2.14 bits per heavy atom. The minimum Gasteiger partial charge on any atom is -0.396 e. The van der Waals surface area contributed by atoms with E-state index in [1.807, 2.05) is 0 Å². The highest BCUT2D eigenvalue weighted by molar-refractivity contribution is 6.08. The Kier molecular flexibility index (Phi) is 6.15. The molecule has 28 heavy (non-hydrogen) atoms. The van der Waals surface area contributed by atoms with Crippen LogP contribution in [0.1, 0.15) is 37.0 Å². The van der Waals surface area contributed by atoms with Crippen LogP contribution in [0.15, 0.2) is 24.4 Å². The van der Waals surface area contributed by atoms with Crippen molar-refractivity contribution in [2.24, 2.45) is 5.92 Å². The molecule has 2 aromatic rings. The molecule has 0 unspecified atom stereocenters. The first-order chi connectivity index (χ1) is 13.3. The van der Waals surface area contributed by atoms with E-state index in [1.54, 1.807) is 25.4 Å². The number of carbonyl (C=O) groups excluding carboxylic acids is 1. The molecule has 1 aromatic carbocycles. The molecule has 3 N–H and O–H groups in total. The number of halogens is 1. The van der Waals surface area contributed by atoms with Crippen LogP contribution in [0.4, 0.5) is 10.1 Å².